The Hall–Kier alpha value is -1.58. The van der Waals surface area contributed by atoms with Gasteiger partial charge in [-0.3, -0.25) is 19.7 Å². The van der Waals surface area contributed by atoms with Gasteiger partial charge in [0, 0.05) is 26.4 Å². The predicted molar refractivity (Wildman–Crippen MR) is 103 cm³/mol. The zero-order chi connectivity index (χ0) is 20.8. The third kappa shape index (κ3) is 10.1. The lowest BCUT2D eigenvalue weighted by Crippen LogP contribution is -2.29. The molecule has 3 unspecified atom stereocenters. The lowest BCUT2D eigenvalue weighted by Gasteiger charge is -2.23. The van der Waals surface area contributed by atoms with E-state index >= 15 is 0 Å². The van der Waals surface area contributed by atoms with E-state index in [1.54, 1.807) is 18.1 Å². The van der Waals surface area contributed by atoms with E-state index in [-0.39, 0.29) is 24.8 Å². The number of carbonyl (C=O) groups is 3. The van der Waals surface area contributed by atoms with Gasteiger partial charge in [-0.15, -0.1) is 0 Å². The van der Waals surface area contributed by atoms with E-state index in [0.717, 1.165) is 25.7 Å². The SMILES string of the molecule is CCCCOC(=O)CNP(OC)OCC1CCC(N(C)/C=C\C(=O)NC=O)O1. The normalized spacial score (nSPS) is 20.1. The largest absolute Gasteiger partial charge is 0.465 e. The standard InChI is InChI=1S/C17H30N3O7P/c1-4-5-10-25-17(23)11-19-28(24-3)26-12-14-6-7-16(27-14)20(2)9-8-15(22)18-13-21/h8-9,13-14,16,19H,4-7,10-12H2,1-3H3,(H,18,21,22)/b9-8-. The van der Waals surface area contributed by atoms with Gasteiger partial charge in [-0.2, -0.15) is 0 Å². The van der Waals surface area contributed by atoms with E-state index in [2.05, 4.69) is 5.09 Å². The molecule has 0 spiro atoms. The van der Waals surface area contributed by atoms with E-state index in [1.165, 1.54) is 13.2 Å². The van der Waals surface area contributed by atoms with Crippen molar-refractivity contribution in [1.82, 2.24) is 15.3 Å². The second-order valence-electron chi connectivity index (χ2n) is 6.04. The van der Waals surface area contributed by atoms with E-state index < -0.39 is 14.4 Å². The molecule has 0 saturated carbocycles. The minimum Gasteiger partial charge on any atom is -0.465 e. The summed E-state index contributed by atoms with van der Waals surface area (Å²) in [6.07, 6.45) is 6.20. The van der Waals surface area contributed by atoms with Gasteiger partial charge in [-0.1, -0.05) is 13.3 Å². The molecule has 1 heterocycles. The van der Waals surface area contributed by atoms with Gasteiger partial charge in [0.15, 0.2) is 0 Å². The van der Waals surface area contributed by atoms with Crippen LogP contribution in [-0.4, -0.2) is 69.4 Å². The number of rotatable bonds is 14. The Balaban J connectivity index is 2.27. The summed E-state index contributed by atoms with van der Waals surface area (Å²) in [6.45, 7) is 2.78. The van der Waals surface area contributed by atoms with Crippen molar-refractivity contribution < 1.29 is 32.9 Å². The van der Waals surface area contributed by atoms with E-state index in [1.807, 2.05) is 12.2 Å². The Bertz CT molecular complexity index is 521. The fourth-order valence-corrected chi connectivity index (χ4v) is 3.21. The molecule has 160 valence electrons. The van der Waals surface area contributed by atoms with Crippen molar-refractivity contribution in [3.05, 3.63) is 12.3 Å². The van der Waals surface area contributed by atoms with Crippen molar-refractivity contribution in [3.63, 3.8) is 0 Å². The maximum Gasteiger partial charge on any atom is 0.320 e. The number of hydrogen-bond acceptors (Lipinski definition) is 9. The smallest absolute Gasteiger partial charge is 0.320 e. The third-order valence-corrected chi connectivity index (χ3v) is 4.99. The van der Waals surface area contributed by atoms with Crippen LogP contribution < -0.4 is 10.4 Å². The summed E-state index contributed by atoms with van der Waals surface area (Å²) in [7, 11) is 1.87. The molecule has 1 aliphatic rings. The van der Waals surface area contributed by atoms with Crippen LogP contribution in [0.3, 0.4) is 0 Å². The quantitative estimate of drug-likeness (QED) is 0.140. The first-order valence-corrected chi connectivity index (χ1v) is 10.3. The number of hydrogen-bond donors (Lipinski definition) is 2. The van der Waals surface area contributed by atoms with Gasteiger partial charge in [-0.05, 0) is 19.3 Å². The van der Waals surface area contributed by atoms with Crippen LogP contribution in [0.15, 0.2) is 12.3 Å². The molecule has 0 bridgehead atoms. The maximum absolute atomic E-state index is 11.6. The number of unbranched alkanes of at least 4 members (excludes halogenated alkanes) is 1. The van der Waals surface area contributed by atoms with Crippen LogP contribution in [0, 0.1) is 0 Å². The van der Waals surface area contributed by atoms with E-state index in [0.29, 0.717) is 19.6 Å². The van der Waals surface area contributed by atoms with E-state index in [9.17, 15) is 14.4 Å². The molecule has 2 amide bonds. The number of imide groups is 1. The molecule has 1 rings (SSSR count). The first kappa shape index (κ1) is 24.5. The lowest BCUT2D eigenvalue weighted by atomic mass is 10.2. The second kappa shape index (κ2) is 14.4. The van der Waals surface area contributed by atoms with E-state index in [4.69, 9.17) is 18.5 Å². The Kier molecular flexibility index (Phi) is 12.6. The molecule has 1 fully saturated rings. The highest BCUT2D eigenvalue weighted by atomic mass is 31.2. The highest BCUT2D eigenvalue weighted by molar-refractivity contribution is 7.44. The molecular weight excluding hydrogens is 389 g/mol. The van der Waals surface area contributed by atoms with Crippen molar-refractivity contribution in [2.45, 2.75) is 44.9 Å². The fourth-order valence-electron chi connectivity index (χ4n) is 2.32. The van der Waals surface area contributed by atoms with Gasteiger partial charge in [0.1, 0.15) is 12.8 Å². The van der Waals surface area contributed by atoms with Crippen LogP contribution in [0.1, 0.15) is 32.6 Å². The van der Waals surface area contributed by atoms with Gasteiger partial charge in [-0.25, -0.2) is 5.09 Å². The van der Waals surface area contributed by atoms with Crippen molar-refractivity contribution in [2.75, 3.05) is 33.9 Å². The molecule has 0 radical (unpaired) electrons. The molecule has 0 aromatic carbocycles. The van der Waals surface area contributed by atoms with Crippen molar-refractivity contribution >= 4 is 26.8 Å². The number of nitrogens with one attached hydrogen (secondary N) is 2. The Labute approximate surface area is 166 Å². The molecule has 1 saturated heterocycles. The zero-order valence-corrected chi connectivity index (χ0v) is 17.5. The van der Waals surface area contributed by atoms with Gasteiger partial charge in [0.25, 0.3) is 14.4 Å². The van der Waals surface area contributed by atoms with Crippen LogP contribution in [0.25, 0.3) is 0 Å². The minimum atomic E-state index is -1.42. The highest BCUT2D eigenvalue weighted by Crippen LogP contribution is 2.33. The van der Waals surface area contributed by atoms with Gasteiger partial charge in [0.2, 0.25) is 6.41 Å². The third-order valence-electron chi connectivity index (χ3n) is 3.86. The van der Waals surface area contributed by atoms with Crippen LogP contribution in [0.4, 0.5) is 0 Å². The second-order valence-corrected chi connectivity index (χ2v) is 7.50. The zero-order valence-electron chi connectivity index (χ0n) is 16.6. The van der Waals surface area contributed by atoms with Crippen LogP contribution in [0.2, 0.25) is 0 Å². The Morgan fingerprint density at radius 2 is 2.14 bits per heavy atom. The number of esters is 1. The molecule has 2 N–H and O–H groups in total. The summed E-state index contributed by atoms with van der Waals surface area (Å²) < 4.78 is 21.8. The molecule has 0 aromatic rings. The Morgan fingerprint density at radius 1 is 1.36 bits per heavy atom. The summed E-state index contributed by atoms with van der Waals surface area (Å²) in [5, 5.41) is 4.92. The number of nitrogens with zero attached hydrogens (tertiary/aromatic N) is 1. The molecule has 0 aliphatic carbocycles. The summed E-state index contributed by atoms with van der Waals surface area (Å²) in [6, 6.07) is 0. The molecule has 3 atom stereocenters. The predicted octanol–water partition coefficient (Wildman–Crippen LogP) is 1.03. The first-order chi connectivity index (χ1) is 13.5. The van der Waals surface area contributed by atoms with Crippen LogP contribution in [-0.2, 0) is 32.9 Å². The summed E-state index contributed by atoms with van der Waals surface area (Å²) >= 11 is 0. The number of amides is 2. The summed E-state index contributed by atoms with van der Waals surface area (Å²) in [4.78, 5) is 34.8. The number of carbonyl (C=O) groups excluding carboxylic acids is 3. The van der Waals surface area contributed by atoms with Crippen molar-refractivity contribution in [1.29, 1.82) is 0 Å². The number of ether oxygens (including phenoxy) is 2. The molecule has 0 aromatic heterocycles. The van der Waals surface area contributed by atoms with Gasteiger partial charge < -0.3 is 23.4 Å². The molecule has 28 heavy (non-hydrogen) atoms. The average molecular weight is 419 g/mol. The molecule has 11 heteroatoms. The van der Waals surface area contributed by atoms with Gasteiger partial charge >= 0.3 is 5.97 Å². The highest BCUT2D eigenvalue weighted by Gasteiger charge is 2.28. The molecule has 1 aliphatic heterocycles. The molecule has 10 nitrogen and oxygen atoms in total. The summed E-state index contributed by atoms with van der Waals surface area (Å²) in [5.74, 6) is -0.837. The maximum atomic E-state index is 11.6. The van der Waals surface area contributed by atoms with Crippen molar-refractivity contribution in [3.8, 4) is 0 Å². The van der Waals surface area contributed by atoms with Gasteiger partial charge in [0.05, 0.1) is 19.3 Å². The monoisotopic (exact) mass is 419 g/mol. The fraction of sp³-hybridized carbons (Fsp3) is 0.706. The lowest BCUT2D eigenvalue weighted by molar-refractivity contribution is -0.142. The Morgan fingerprint density at radius 3 is 2.82 bits per heavy atom. The van der Waals surface area contributed by atoms with Crippen molar-refractivity contribution in [2.24, 2.45) is 0 Å². The van der Waals surface area contributed by atoms with Crippen LogP contribution >= 0.6 is 8.53 Å². The average Bonchev–Trinajstić information content (AvgIpc) is 3.16. The minimum absolute atomic E-state index is 0.0216. The first-order valence-electron chi connectivity index (χ1n) is 9.16. The summed E-state index contributed by atoms with van der Waals surface area (Å²) in [5.41, 5.74) is 0. The molecular formula is C17H30N3O7P. The van der Waals surface area contributed by atoms with Crippen LogP contribution in [0.5, 0.6) is 0 Å². The topological polar surface area (TPSA) is 115 Å².